The van der Waals surface area contributed by atoms with E-state index in [0.717, 1.165) is 5.92 Å². The molecule has 15 heavy (non-hydrogen) atoms. The van der Waals surface area contributed by atoms with Crippen molar-refractivity contribution in [1.29, 1.82) is 0 Å². The van der Waals surface area contributed by atoms with Crippen LogP contribution in [-0.4, -0.2) is 13.6 Å². The van der Waals surface area contributed by atoms with Gasteiger partial charge in [0.25, 0.3) is 0 Å². The van der Waals surface area contributed by atoms with Crippen LogP contribution in [-0.2, 0) is 6.42 Å². The van der Waals surface area contributed by atoms with Gasteiger partial charge in [0.1, 0.15) is 0 Å². The molecule has 1 fully saturated rings. The molecular formula is C13H21NS. The molecule has 1 atom stereocenters. The lowest BCUT2D eigenvalue weighted by Crippen LogP contribution is -2.32. The summed E-state index contributed by atoms with van der Waals surface area (Å²) in [5.74, 6) is 0.976. The van der Waals surface area contributed by atoms with Crippen molar-refractivity contribution in [2.24, 2.45) is 11.3 Å². The lowest BCUT2D eigenvalue weighted by molar-refractivity contribution is 0.243. The van der Waals surface area contributed by atoms with Crippen LogP contribution in [0.25, 0.3) is 0 Å². The van der Waals surface area contributed by atoms with Gasteiger partial charge in [-0.3, -0.25) is 0 Å². The molecule has 0 aliphatic heterocycles. The number of thiophene rings is 1. The average Bonchev–Trinajstić information content (AvgIpc) is 2.95. The van der Waals surface area contributed by atoms with Crippen molar-refractivity contribution in [3.05, 3.63) is 22.4 Å². The lowest BCUT2D eigenvalue weighted by Gasteiger charge is -2.29. The van der Waals surface area contributed by atoms with Crippen LogP contribution in [0.3, 0.4) is 0 Å². The molecule has 0 saturated heterocycles. The molecule has 0 radical (unpaired) electrons. The number of aryl methyl sites for hydroxylation is 1. The Morgan fingerprint density at radius 3 is 2.87 bits per heavy atom. The normalized spacial score (nSPS) is 20.1. The lowest BCUT2D eigenvalue weighted by atomic mass is 9.79. The van der Waals surface area contributed by atoms with E-state index in [4.69, 9.17) is 0 Å². The van der Waals surface area contributed by atoms with Gasteiger partial charge >= 0.3 is 0 Å². The number of hydrogen-bond acceptors (Lipinski definition) is 2. The predicted molar refractivity (Wildman–Crippen MR) is 67.4 cm³/mol. The highest BCUT2D eigenvalue weighted by atomic mass is 32.1. The summed E-state index contributed by atoms with van der Waals surface area (Å²) in [6.45, 7) is 3.62. The Bertz CT molecular complexity index is 289. The van der Waals surface area contributed by atoms with Crippen LogP contribution < -0.4 is 5.32 Å². The van der Waals surface area contributed by atoms with Gasteiger partial charge in [0, 0.05) is 6.54 Å². The largest absolute Gasteiger partial charge is 0.319 e. The molecule has 2 rings (SSSR count). The van der Waals surface area contributed by atoms with Crippen molar-refractivity contribution in [3.63, 3.8) is 0 Å². The maximum atomic E-state index is 3.36. The monoisotopic (exact) mass is 223 g/mol. The fraction of sp³-hybridized carbons (Fsp3) is 0.692. The van der Waals surface area contributed by atoms with Crippen molar-refractivity contribution in [2.75, 3.05) is 13.6 Å². The van der Waals surface area contributed by atoms with Gasteiger partial charge in [-0.25, -0.2) is 0 Å². The molecule has 1 heterocycles. The number of nitrogens with one attached hydrogen (secondary N) is 1. The molecule has 1 aromatic heterocycles. The van der Waals surface area contributed by atoms with Crippen molar-refractivity contribution >= 4 is 11.3 Å². The molecular weight excluding hydrogens is 202 g/mol. The van der Waals surface area contributed by atoms with E-state index >= 15 is 0 Å². The summed E-state index contributed by atoms with van der Waals surface area (Å²) >= 11 is 1.81. The first kappa shape index (κ1) is 11.2. The molecule has 0 spiro atoms. The highest BCUT2D eigenvalue weighted by Crippen LogP contribution is 2.47. The van der Waals surface area contributed by atoms with Gasteiger partial charge in [-0.05, 0) is 66.5 Å². The Balaban J connectivity index is 1.89. The van der Waals surface area contributed by atoms with E-state index in [9.17, 15) is 0 Å². The molecule has 2 heteroatoms. The molecule has 0 bridgehead atoms. The van der Waals surface area contributed by atoms with E-state index in [-0.39, 0.29) is 0 Å². The molecule has 1 aliphatic rings. The summed E-state index contributed by atoms with van der Waals surface area (Å²) in [4.78, 5) is 0. The van der Waals surface area contributed by atoms with Gasteiger partial charge in [0.15, 0.2) is 0 Å². The fourth-order valence-electron chi connectivity index (χ4n) is 2.49. The first-order chi connectivity index (χ1) is 7.24. The topological polar surface area (TPSA) is 12.0 Å². The van der Waals surface area contributed by atoms with Crippen molar-refractivity contribution in [3.8, 4) is 0 Å². The zero-order valence-electron chi connectivity index (χ0n) is 9.75. The van der Waals surface area contributed by atoms with E-state index in [2.05, 4.69) is 36.1 Å². The Morgan fingerprint density at radius 2 is 2.33 bits per heavy atom. The molecule has 1 aromatic rings. The maximum Gasteiger partial charge on any atom is 0.000493 e. The van der Waals surface area contributed by atoms with E-state index < -0.39 is 0 Å². The quantitative estimate of drug-likeness (QED) is 0.780. The Morgan fingerprint density at radius 1 is 1.53 bits per heavy atom. The molecule has 1 aliphatic carbocycles. The summed E-state index contributed by atoms with van der Waals surface area (Å²) in [6, 6.07) is 2.26. The average molecular weight is 223 g/mol. The molecule has 0 aromatic carbocycles. The number of hydrogen-bond donors (Lipinski definition) is 1. The molecule has 0 amide bonds. The number of rotatable bonds is 6. The van der Waals surface area contributed by atoms with E-state index in [1.54, 1.807) is 0 Å². The highest BCUT2D eigenvalue weighted by molar-refractivity contribution is 7.07. The minimum atomic E-state index is 0.524. The second-order valence-corrected chi connectivity index (χ2v) is 5.87. The Kier molecular flexibility index (Phi) is 3.47. The van der Waals surface area contributed by atoms with Crippen LogP contribution >= 0.6 is 11.3 Å². The standard InChI is InChI=1S/C13H21NS/c1-13(10-14-2,12-3-4-12)7-5-11-6-8-15-9-11/h6,8-9,12,14H,3-5,7,10H2,1-2H3. The Hall–Kier alpha value is -0.340. The van der Waals surface area contributed by atoms with Crippen molar-refractivity contribution < 1.29 is 0 Å². The Labute approximate surface area is 96.9 Å². The van der Waals surface area contributed by atoms with Gasteiger partial charge < -0.3 is 5.32 Å². The summed E-state index contributed by atoms with van der Waals surface area (Å²) in [7, 11) is 2.07. The molecule has 1 N–H and O–H groups in total. The molecule has 84 valence electrons. The summed E-state index contributed by atoms with van der Waals surface area (Å²) in [6.07, 6.45) is 5.47. The first-order valence-corrected chi connectivity index (χ1v) is 6.84. The van der Waals surface area contributed by atoms with Crippen molar-refractivity contribution in [2.45, 2.75) is 32.6 Å². The van der Waals surface area contributed by atoms with Crippen LogP contribution in [0.1, 0.15) is 31.7 Å². The first-order valence-electron chi connectivity index (χ1n) is 5.90. The van der Waals surface area contributed by atoms with Crippen LogP contribution in [0, 0.1) is 11.3 Å². The van der Waals surface area contributed by atoms with E-state index in [0.29, 0.717) is 5.41 Å². The molecule has 1 unspecified atom stereocenters. The maximum absolute atomic E-state index is 3.36. The zero-order chi connectivity index (χ0) is 10.7. The third kappa shape index (κ3) is 2.82. The highest BCUT2D eigenvalue weighted by Gasteiger charge is 2.40. The second kappa shape index (κ2) is 4.67. The second-order valence-electron chi connectivity index (χ2n) is 5.09. The smallest absolute Gasteiger partial charge is 0.000493 e. The fourth-order valence-corrected chi connectivity index (χ4v) is 3.19. The van der Waals surface area contributed by atoms with Crippen LogP contribution in [0.2, 0.25) is 0 Å². The van der Waals surface area contributed by atoms with E-state index in [1.165, 1.54) is 37.8 Å². The minimum Gasteiger partial charge on any atom is -0.319 e. The SMILES string of the molecule is CNCC(C)(CCc1ccsc1)C1CC1. The zero-order valence-corrected chi connectivity index (χ0v) is 10.6. The van der Waals surface area contributed by atoms with Gasteiger partial charge in [-0.2, -0.15) is 11.3 Å². The van der Waals surface area contributed by atoms with Gasteiger partial charge in [0.2, 0.25) is 0 Å². The molecule has 1 saturated carbocycles. The van der Waals surface area contributed by atoms with Gasteiger partial charge in [0.05, 0.1) is 0 Å². The third-order valence-electron chi connectivity index (χ3n) is 3.71. The minimum absolute atomic E-state index is 0.524. The summed E-state index contributed by atoms with van der Waals surface area (Å²) in [5.41, 5.74) is 2.04. The predicted octanol–water partition coefficient (Wildman–Crippen LogP) is 3.32. The van der Waals surface area contributed by atoms with Crippen molar-refractivity contribution in [1.82, 2.24) is 5.32 Å². The van der Waals surface area contributed by atoms with Crippen LogP contribution in [0.5, 0.6) is 0 Å². The summed E-state index contributed by atoms with van der Waals surface area (Å²) < 4.78 is 0. The summed E-state index contributed by atoms with van der Waals surface area (Å²) in [5, 5.41) is 7.83. The van der Waals surface area contributed by atoms with Gasteiger partial charge in [-0.15, -0.1) is 0 Å². The van der Waals surface area contributed by atoms with Crippen LogP contribution in [0.4, 0.5) is 0 Å². The van der Waals surface area contributed by atoms with Gasteiger partial charge in [-0.1, -0.05) is 6.92 Å². The van der Waals surface area contributed by atoms with E-state index in [1.807, 2.05) is 11.3 Å². The molecule has 1 nitrogen and oxygen atoms in total. The third-order valence-corrected chi connectivity index (χ3v) is 4.44. The van der Waals surface area contributed by atoms with Crippen LogP contribution in [0.15, 0.2) is 16.8 Å².